The zero-order chi connectivity index (χ0) is 21.6. The summed E-state index contributed by atoms with van der Waals surface area (Å²) in [5, 5.41) is 5.96. The monoisotopic (exact) mass is 415 g/mol. The lowest BCUT2D eigenvalue weighted by molar-refractivity contribution is 0.205. The quantitative estimate of drug-likeness (QED) is 0.436. The fourth-order valence-corrected chi connectivity index (χ4v) is 3.99. The number of likely N-dealkylation sites (N-methyl/N-ethyl adjacent to an activating group) is 1. The zero-order valence-electron chi connectivity index (χ0n) is 18.4. The Balaban J connectivity index is 0.00000112. The SMILES string of the molecule is CC.CN1CCCC(n2nc(-c3ccc(Oc4ccccc4)cc3)c3cncnc32)C1. The third-order valence-electron chi connectivity index (χ3n) is 5.42. The Morgan fingerprint density at radius 2 is 1.71 bits per heavy atom. The third kappa shape index (κ3) is 4.59. The number of hydrogen-bond acceptors (Lipinski definition) is 5. The smallest absolute Gasteiger partial charge is 0.162 e. The molecule has 1 aliphatic heterocycles. The predicted molar refractivity (Wildman–Crippen MR) is 124 cm³/mol. The van der Waals surface area contributed by atoms with E-state index in [9.17, 15) is 0 Å². The Bertz CT molecular complexity index is 1110. The molecule has 0 aliphatic carbocycles. The normalized spacial score (nSPS) is 16.5. The van der Waals surface area contributed by atoms with Crippen molar-refractivity contribution in [1.29, 1.82) is 0 Å². The lowest BCUT2D eigenvalue weighted by Gasteiger charge is -2.29. The summed E-state index contributed by atoms with van der Waals surface area (Å²) >= 11 is 0. The molecule has 1 aliphatic rings. The van der Waals surface area contributed by atoms with E-state index in [1.165, 1.54) is 6.42 Å². The lowest BCUT2D eigenvalue weighted by atomic mass is 10.1. The second-order valence-electron chi connectivity index (χ2n) is 7.55. The van der Waals surface area contributed by atoms with E-state index in [-0.39, 0.29) is 0 Å². The largest absolute Gasteiger partial charge is 0.457 e. The first-order valence-corrected chi connectivity index (χ1v) is 11.0. The van der Waals surface area contributed by atoms with E-state index in [1.807, 2.05) is 74.6 Å². The van der Waals surface area contributed by atoms with E-state index in [0.717, 1.165) is 53.3 Å². The van der Waals surface area contributed by atoms with Crippen molar-refractivity contribution >= 4 is 11.0 Å². The van der Waals surface area contributed by atoms with Gasteiger partial charge in [-0.15, -0.1) is 0 Å². The zero-order valence-corrected chi connectivity index (χ0v) is 18.4. The minimum Gasteiger partial charge on any atom is -0.457 e. The average molecular weight is 416 g/mol. The number of para-hydroxylation sites is 1. The van der Waals surface area contributed by atoms with Crippen molar-refractivity contribution in [3.05, 3.63) is 67.1 Å². The first kappa shape index (κ1) is 21.0. The van der Waals surface area contributed by atoms with Crippen LogP contribution in [0, 0.1) is 0 Å². The summed E-state index contributed by atoms with van der Waals surface area (Å²) in [6.07, 6.45) is 5.76. The first-order chi connectivity index (χ1) is 15.3. The van der Waals surface area contributed by atoms with Crippen LogP contribution in [0.15, 0.2) is 67.1 Å². The number of ether oxygens (including phenoxy) is 1. The molecule has 0 bridgehead atoms. The van der Waals surface area contributed by atoms with E-state index in [1.54, 1.807) is 6.33 Å². The molecule has 1 unspecified atom stereocenters. The molecule has 0 saturated carbocycles. The molecule has 3 heterocycles. The van der Waals surface area contributed by atoms with E-state index in [2.05, 4.69) is 26.6 Å². The Hall–Kier alpha value is -3.25. The van der Waals surface area contributed by atoms with Gasteiger partial charge in [0.2, 0.25) is 0 Å². The number of benzene rings is 2. The predicted octanol–water partition coefficient (Wildman–Crippen LogP) is 5.58. The fraction of sp³-hybridized carbons (Fsp3) is 0.320. The van der Waals surface area contributed by atoms with E-state index >= 15 is 0 Å². The lowest BCUT2D eigenvalue weighted by Crippen LogP contribution is -2.34. The fourth-order valence-electron chi connectivity index (χ4n) is 3.99. The summed E-state index contributed by atoms with van der Waals surface area (Å²) in [7, 11) is 2.17. The van der Waals surface area contributed by atoms with Crippen LogP contribution in [-0.4, -0.2) is 44.8 Å². The van der Waals surface area contributed by atoms with E-state index < -0.39 is 0 Å². The molecular formula is C25H29N5O. The Labute approximate surface area is 183 Å². The maximum absolute atomic E-state index is 5.91. The number of hydrogen-bond donors (Lipinski definition) is 0. The topological polar surface area (TPSA) is 56.1 Å². The molecule has 5 rings (SSSR count). The highest BCUT2D eigenvalue weighted by atomic mass is 16.5. The third-order valence-corrected chi connectivity index (χ3v) is 5.42. The molecular weight excluding hydrogens is 386 g/mol. The molecule has 2 aromatic heterocycles. The molecule has 160 valence electrons. The van der Waals surface area contributed by atoms with Crippen molar-refractivity contribution in [1.82, 2.24) is 24.6 Å². The van der Waals surface area contributed by atoms with Crippen molar-refractivity contribution in [2.45, 2.75) is 32.7 Å². The van der Waals surface area contributed by atoms with Gasteiger partial charge in [0.15, 0.2) is 5.65 Å². The van der Waals surface area contributed by atoms with Gasteiger partial charge in [-0.2, -0.15) is 5.10 Å². The van der Waals surface area contributed by atoms with Crippen LogP contribution in [0.1, 0.15) is 32.7 Å². The van der Waals surface area contributed by atoms with Crippen LogP contribution in [-0.2, 0) is 0 Å². The van der Waals surface area contributed by atoms with Gasteiger partial charge in [0.1, 0.15) is 23.5 Å². The highest BCUT2D eigenvalue weighted by Gasteiger charge is 2.24. The maximum Gasteiger partial charge on any atom is 0.162 e. The maximum atomic E-state index is 5.91. The van der Waals surface area contributed by atoms with Gasteiger partial charge in [-0.1, -0.05) is 32.0 Å². The van der Waals surface area contributed by atoms with Crippen LogP contribution in [0.4, 0.5) is 0 Å². The van der Waals surface area contributed by atoms with Gasteiger partial charge in [0.25, 0.3) is 0 Å². The number of nitrogens with zero attached hydrogens (tertiary/aromatic N) is 5. The van der Waals surface area contributed by atoms with Crippen LogP contribution in [0.5, 0.6) is 11.5 Å². The number of likely N-dealkylation sites (tertiary alicyclic amines) is 1. The van der Waals surface area contributed by atoms with Crippen LogP contribution < -0.4 is 4.74 Å². The average Bonchev–Trinajstić information content (AvgIpc) is 3.21. The van der Waals surface area contributed by atoms with Gasteiger partial charge in [0.05, 0.1) is 11.4 Å². The summed E-state index contributed by atoms with van der Waals surface area (Å²) in [6.45, 7) is 6.13. The van der Waals surface area contributed by atoms with Crippen molar-refractivity contribution in [2.24, 2.45) is 0 Å². The van der Waals surface area contributed by atoms with E-state index in [0.29, 0.717) is 6.04 Å². The van der Waals surface area contributed by atoms with Gasteiger partial charge in [-0.25, -0.2) is 14.6 Å². The minimum atomic E-state index is 0.334. The molecule has 1 saturated heterocycles. The number of aromatic nitrogens is 4. The number of fused-ring (bicyclic) bond motifs is 1. The first-order valence-electron chi connectivity index (χ1n) is 11.0. The Kier molecular flexibility index (Phi) is 6.57. The van der Waals surface area contributed by atoms with Gasteiger partial charge in [-0.3, -0.25) is 0 Å². The molecule has 1 fully saturated rings. The number of rotatable bonds is 4. The molecule has 31 heavy (non-hydrogen) atoms. The standard InChI is InChI=1S/C23H23N5O.C2H6/c1-27-13-5-6-18(15-27)28-23-21(14-24-16-25-23)22(26-28)17-9-11-20(12-10-17)29-19-7-3-2-4-8-19;1-2/h2-4,7-12,14,16,18H,5-6,13,15H2,1H3;1-2H3. The van der Waals surface area contributed by atoms with Gasteiger partial charge < -0.3 is 9.64 Å². The van der Waals surface area contributed by atoms with Crippen LogP contribution in [0.2, 0.25) is 0 Å². The second-order valence-corrected chi connectivity index (χ2v) is 7.55. The highest BCUT2D eigenvalue weighted by molar-refractivity contribution is 5.90. The molecule has 1 atom stereocenters. The van der Waals surface area contributed by atoms with Gasteiger partial charge in [-0.05, 0) is 62.8 Å². The molecule has 0 spiro atoms. The summed E-state index contributed by atoms with van der Waals surface area (Å²) < 4.78 is 8.01. The van der Waals surface area contributed by atoms with Crippen LogP contribution in [0.25, 0.3) is 22.3 Å². The Morgan fingerprint density at radius 3 is 2.45 bits per heavy atom. The van der Waals surface area contributed by atoms with Crippen molar-refractivity contribution < 1.29 is 4.74 Å². The van der Waals surface area contributed by atoms with Gasteiger partial charge in [0, 0.05) is 18.3 Å². The summed E-state index contributed by atoms with van der Waals surface area (Å²) in [5.74, 6) is 1.62. The van der Waals surface area contributed by atoms with Crippen molar-refractivity contribution in [2.75, 3.05) is 20.1 Å². The molecule has 2 aromatic carbocycles. The molecule has 0 amide bonds. The Morgan fingerprint density at radius 1 is 0.968 bits per heavy atom. The number of piperidine rings is 1. The minimum absolute atomic E-state index is 0.334. The molecule has 6 heteroatoms. The second kappa shape index (κ2) is 9.71. The summed E-state index contributed by atoms with van der Waals surface area (Å²) in [4.78, 5) is 11.2. The van der Waals surface area contributed by atoms with Gasteiger partial charge >= 0.3 is 0 Å². The van der Waals surface area contributed by atoms with Crippen molar-refractivity contribution in [3.63, 3.8) is 0 Å². The van der Waals surface area contributed by atoms with Crippen LogP contribution >= 0.6 is 0 Å². The summed E-state index contributed by atoms with van der Waals surface area (Å²) in [6, 6.07) is 18.2. The molecule has 0 radical (unpaired) electrons. The van der Waals surface area contributed by atoms with Crippen molar-refractivity contribution in [3.8, 4) is 22.8 Å². The summed E-state index contributed by atoms with van der Waals surface area (Å²) in [5.41, 5.74) is 2.85. The molecule has 4 aromatic rings. The van der Waals surface area contributed by atoms with E-state index in [4.69, 9.17) is 9.84 Å². The molecule has 6 nitrogen and oxygen atoms in total. The van der Waals surface area contributed by atoms with Crippen LogP contribution in [0.3, 0.4) is 0 Å². The molecule has 0 N–H and O–H groups in total. The highest BCUT2D eigenvalue weighted by Crippen LogP contribution is 2.32.